The highest BCUT2D eigenvalue weighted by Crippen LogP contribution is 2.41. The summed E-state index contributed by atoms with van der Waals surface area (Å²) in [5, 5.41) is 33.7. The number of carboxylic acid groups (broad SMARTS) is 2. The minimum Gasteiger partial charge on any atom is -0.480 e. The lowest BCUT2D eigenvalue weighted by Gasteiger charge is -2.17. The van der Waals surface area contributed by atoms with E-state index in [1.807, 2.05) is 0 Å². The molecule has 5 aromatic rings. The zero-order chi connectivity index (χ0) is 48.9. The van der Waals surface area contributed by atoms with Gasteiger partial charge in [0, 0.05) is 57.9 Å². The third-order valence-corrected chi connectivity index (χ3v) is 9.94. The summed E-state index contributed by atoms with van der Waals surface area (Å²) in [6.07, 6.45) is 1.54. The van der Waals surface area contributed by atoms with Gasteiger partial charge in [0.15, 0.2) is 11.2 Å². The summed E-state index contributed by atoms with van der Waals surface area (Å²) >= 11 is 0. The van der Waals surface area contributed by atoms with E-state index in [2.05, 4.69) is 54.0 Å². The predicted octanol–water partition coefficient (Wildman–Crippen LogP) is 5.08. The van der Waals surface area contributed by atoms with E-state index >= 15 is 0 Å². The molecule has 7 rings (SSSR count). The Balaban J connectivity index is 0.000000243. The van der Waals surface area contributed by atoms with Gasteiger partial charge in [0.05, 0.1) is 42.9 Å². The fraction of sp³-hybridized carbons (Fsp3) is 0.191. The van der Waals surface area contributed by atoms with E-state index in [9.17, 15) is 39.0 Å². The maximum Gasteiger partial charge on any atom is 0.336 e. The Hall–Kier alpha value is -8.78. The van der Waals surface area contributed by atoms with Crippen LogP contribution >= 0.6 is 0 Å². The van der Waals surface area contributed by atoms with E-state index in [0.29, 0.717) is 56.1 Å². The molecule has 0 saturated heterocycles. The molecule has 0 saturated carbocycles. The molecule has 1 unspecified atom stereocenters. The first kappa shape index (κ1) is 49.2. The van der Waals surface area contributed by atoms with E-state index in [1.54, 1.807) is 86.6 Å². The number of benzene rings is 4. The Morgan fingerprint density at radius 1 is 0.925 bits per heavy atom. The van der Waals surface area contributed by atoms with Crippen molar-refractivity contribution in [3.63, 3.8) is 0 Å². The number of aromatic carboxylic acids is 1. The number of aromatic amines is 1. The number of carboxylic acids is 2. The number of aromatic nitrogens is 4. The van der Waals surface area contributed by atoms with Crippen molar-refractivity contribution in [2.45, 2.75) is 45.7 Å². The minimum atomic E-state index is -1.20. The number of nitrogens with one attached hydrogen (secondary N) is 5. The summed E-state index contributed by atoms with van der Waals surface area (Å²) in [7, 11) is 1.33. The molecule has 67 heavy (non-hydrogen) atoms. The van der Waals surface area contributed by atoms with Gasteiger partial charge in [-0.2, -0.15) is 4.98 Å². The molecule has 20 heteroatoms. The lowest BCUT2D eigenvalue weighted by molar-refractivity contribution is -0.139. The Morgan fingerprint density at radius 2 is 1.64 bits per heavy atom. The molecule has 3 heterocycles. The standard InChI is InChI=1S/C23H19N3O5.C22H25N7O5.C2H4/c1-30-26-21(27)9-12-2-5-15(18(8-12)23(28)29)22-16-6-3-13(24)10-19(16)31-20-11-14(25)4-7-17(20)22;1-11(2)16(30)8-7-15(21(33)34)27-19(31)12-3-5-13(6-4-12)24-9-14-10-25-18-17(26-14)20(32)29-22(23)28-18;1-2/h2-8,10-11,24H,9,25H2,1H3,(H,26,27)(H,28,29);3-6,10-11,15,24H,7-9H2,1-2H3,(H,27,31)(H,33,34)(H3,23,25,28,29,32);1-2H2. The van der Waals surface area contributed by atoms with Gasteiger partial charge in [0.25, 0.3) is 11.5 Å². The van der Waals surface area contributed by atoms with Crippen LogP contribution in [0.15, 0.2) is 107 Å². The number of carbonyl (C=O) groups excluding carboxylic acids is 3. The van der Waals surface area contributed by atoms with Crippen molar-refractivity contribution in [1.82, 2.24) is 30.7 Å². The van der Waals surface area contributed by atoms with Gasteiger partial charge in [-0.25, -0.2) is 25.0 Å². The Labute approximate surface area is 381 Å². The Morgan fingerprint density at radius 3 is 2.31 bits per heavy atom. The van der Waals surface area contributed by atoms with Gasteiger partial charge in [0.1, 0.15) is 23.2 Å². The molecule has 2 amide bonds. The van der Waals surface area contributed by atoms with E-state index in [0.717, 1.165) is 0 Å². The molecule has 0 spiro atoms. The van der Waals surface area contributed by atoms with Crippen molar-refractivity contribution >= 4 is 69.0 Å². The number of hydroxylamine groups is 1. The largest absolute Gasteiger partial charge is 0.480 e. The summed E-state index contributed by atoms with van der Waals surface area (Å²) in [5.74, 6) is -3.11. The number of H-pyrrole nitrogens is 1. The zero-order valence-electron chi connectivity index (χ0n) is 36.6. The minimum absolute atomic E-state index is 0.0233. The van der Waals surface area contributed by atoms with Gasteiger partial charge >= 0.3 is 11.9 Å². The molecule has 0 bridgehead atoms. The molecule has 11 N–H and O–H groups in total. The molecule has 346 valence electrons. The number of aliphatic carboxylic acids is 1. The number of nitrogens with two attached hydrogens (primary N) is 2. The number of rotatable bonds is 15. The van der Waals surface area contributed by atoms with Crippen LogP contribution in [0.2, 0.25) is 0 Å². The van der Waals surface area contributed by atoms with E-state index in [1.165, 1.54) is 19.4 Å². The van der Waals surface area contributed by atoms with Crippen LogP contribution in [0.5, 0.6) is 0 Å². The topological polar surface area (TPSA) is 332 Å². The first-order valence-corrected chi connectivity index (χ1v) is 20.4. The maximum absolute atomic E-state index is 12.5. The number of nitrogen functional groups attached to an aromatic ring is 2. The van der Waals surface area contributed by atoms with E-state index in [4.69, 9.17) is 21.3 Å². The predicted molar refractivity (Wildman–Crippen MR) is 250 cm³/mol. The maximum atomic E-state index is 12.5. The highest BCUT2D eigenvalue weighted by Gasteiger charge is 2.24. The third-order valence-electron chi connectivity index (χ3n) is 9.94. The number of anilines is 3. The normalized spacial score (nSPS) is 11.2. The van der Waals surface area contributed by atoms with Crippen molar-refractivity contribution in [2.24, 2.45) is 5.92 Å². The SMILES string of the molecule is C=C.CC(C)C(=O)CCC(NC(=O)c1ccc(NCc2cnc3nc(N)[nH]c(=O)c3n2)cc1)C(=O)O.CONC(=O)Cc1ccc(-c2c3ccc(=N)cc-3oc3cc(N)ccc23)c(C(=O)O)c1. The van der Waals surface area contributed by atoms with Crippen LogP contribution in [0.1, 0.15) is 58.7 Å². The van der Waals surface area contributed by atoms with Crippen molar-refractivity contribution in [2.75, 3.05) is 23.9 Å². The number of fused-ring (bicyclic) bond motifs is 3. The van der Waals surface area contributed by atoms with Crippen LogP contribution in [-0.4, -0.2) is 72.8 Å². The molecular formula is C47H48N10O10. The second-order valence-electron chi connectivity index (χ2n) is 15.0. The average Bonchev–Trinajstić information content (AvgIpc) is 3.29. The summed E-state index contributed by atoms with van der Waals surface area (Å²) < 4.78 is 5.96. The molecule has 3 aromatic carbocycles. The molecule has 20 nitrogen and oxygen atoms in total. The summed E-state index contributed by atoms with van der Waals surface area (Å²) in [4.78, 5) is 90.9. The number of hydrogen-bond donors (Lipinski definition) is 9. The van der Waals surface area contributed by atoms with Crippen molar-refractivity contribution in [3.8, 4) is 22.5 Å². The zero-order valence-corrected chi connectivity index (χ0v) is 36.6. The number of nitrogens with zero attached hydrogens (tertiary/aromatic N) is 3. The highest BCUT2D eigenvalue weighted by atomic mass is 16.6. The van der Waals surface area contributed by atoms with Gasteiger partial charge in [-0.15, -0.1) is 13.2 Å². The number of carbonyl (C=O) groups is 5. The lowest BCUT2D eigenvalue weighted by Crippen LogP contribution is -2.41. The molecule has 0 radical (unpaired) electrons. The average molecular weight is 913 g/mol. The smallest absolute Gasteiger partial charge is 0.336 e. The molecule has 1 atom stereocenters. The van der Waals surface area contributed by atoms with E-state index < -0.39 is 29.4 Å². The van der Waals surface area contributed by atoms with Crippen molar-refractivity contribution < 1.29 is 43.4 Å². The van der Waals surface area contributed by atoms with Crippen LogP contribution in [0.25, 0.3) is 44.6 Å². The number of Topliss-reactive ketones (excluding diaryl/α,β-unsaturated/α-hetero) is 1. The number of hydrogen-bond acceptors (Lipinski definition) is 15. The lowest BCUT2D eigenvalue weighted by atomic mass is 9.89. The third kappa shape index (κ3) is 12.5. The van der Waals surface area contributed by atoms with Gasteiger partial charge < -0.3 is 42.1 Å². The number of amides is 2. The second kappa shape index (κ2) is 22.2. The summed E-state index contributed by atoms with van der Waals surface area (Å²) in [6, 6.07) is 20.2. The molecule has 1 aliphatic heterocycles. The van der Waals surface area contributed by atoms with Crippen LogP contribution < -0.4 is 38.5 Å². The molecular weight excluding hydrogens is 865 g/mol. The van der Waals surface area contributed by atoms with Crippen LogP contribution in [0.3, 0.4) is 0 Å². The first-order chi connectivity index (χ1) is 32.0. The van der Waals surface area contributed by atoms with Gasteiger partial charge in [-0.3, -0.25) is 29.0 Å². The Bertz CT molecular complexity index is 3060. The van der Waals surface area contributed by atoms with Gasteiger partial charge in [-0.1, -0.05) is 26.0 Å². The first-order valence-electron chi connectivity index (χ1n) is 20.4. The van der Waals surface area contributed by atoms with Gasteiger partial charge in [-0.05, 0) is 72.1 Å². The van der Waals surface area contributed by atoms with Gasteiger partial charge in [0.2, 0.25) is 11.9 Å². The summed E-state index contributed by atoms with van der Waals surface area (Å²) in [5.41, 5.74) is 18.1. The monoisotopic (exact) mass is 912 g/mol. The molecule has 0 fully saturated rings. The fourth-order valence-electron chi connectivity index (χ4n) is 6.69. The highest BCUT2D eigenvalue weighted by molar-refractivity contribution is 6.08. The molecule has 2 aromatic heterocycles. The van der Waals surface area contributed by atoms with Crippen molar-refractivity contribution in [3.05, 3.63) is 136 Å². The van der Waals surface area contributed by atoms with Crippen molar-refractivity contribution in [1.29, 1.82) is 5.41 Å². The summed E-state index contributed by atoms with van der Waals surface area (Å²) in [6.45, 7) is 9.74. The molecule has 1 aliphatic carbocycles. The van der Waals surface area contributed by atoms with Crippen LogP contribution in [0, 0.1) is 11.3 Å². The van der Waals surface area contributed by atoms with Crippen LogP contribution in [-0.2, 0) is 32.2 Å². The Kier molecular flexibility index (Phi) is 16.3. The fourth-order valence-corrected chi connectivity index (χ4v) is 6.69. The number of ketones is 1. The molecule has 2 aliphatic rings. The van der Waals surface area contributed by atoms with Crippen LogP contribution in [0.4, 0.5) is 17.3 Å². The quantitative estimate of drug-likeness (QED) is 0.0280. The van der Waals surface area contributed by atoms with E-state index in [-0.39, 0.29) is 77.0 Å². The second-order valence-corrected chi connectivity index (χ2v) is 15.0.